The lowest BCUT2D eigenvalue weighted by molar-refractivity contribution is 0.102. The minimum atomic E-state index is -2.97. The molecule has 0 aliphatic carbocycles. The van der Waals surface area contributed by atoms with Gasteiger partial charge in [-0.05, 0) is 37.6 Å². The Morgan fingerprint density at radius 2 is 2.04 bits per heavy atom. The van der Waals surface area contributed by atoms with Gasteiger partial charge in [-0.15, -0.1) is 10.2 Å². The maximum absolute atomic E-state index is 12.3. The van der Waals surface area contributed by atoms with Gasteiger partial charge in [0.2, 0.25) is 0 Å². The number of aromatic nitrogens is 2. The van der Waals surface area contributed by atoms with Crippen LogP contribution in [0.5, 0.6) is 5.75 Å². The van der Waals surface area contributed by atoms with E-state index < -0.39 is 15.7 Å². The van der Waals surface area contributed by atoms with Gasteiger partial charge in [0.05, 0.1) is 23.8 Å². The van der Waals surface area contributed by atoms with E-state index in [1.807, 2.05) is 13.0 Å². The Hall–Kier alpha value is -2.68. The van der Waals surface area contributed by atoms with Gasteiger partial charge >= 0.3 is 0 Å². The number of sulfone groups is 1. The predicted molar refractivity (Wildman–Crippen MR) is 98.3 cm³/mol. The molecule has 2 aromatic rings. The number of benzene rings is 1. The Balaban J connectivity index is 1.64. The molecule has 1 unspecified atom stereocenters. The van der Waals surface area contributed by atoms with Crippen LogP contribution in [0.25, 0.3) is 0 Å². The number of para-hydroxylation sites is 2. The lowest BCUT2D eigenvalue weighted by atomic mass is 10.2. The second kappa shape index (κ2) is 7.69. The Morgan fingerprint density at radius 1 is 1.23 bits per heavy atom. The maximum Gasteiger partial charge on any atom is 0.276 e. The SMILES string of the molecule is CCOc1ccccc1NC(=O)c1ccc(NC2CCS(=O)(=O)C2)nn1. The molecule has 1 amide bonds. The van der Waals surface area contributed by atoms with E-state index in [1.54, 1.807) is 24.3 Å². The quantitative estimate of drug-likeness (QED) is 0.790. The molecule has 1 aromatic carbocycles. The van der Waals surface area contributed by atoms with Crippen molar-refractivity contribution in [3.63, 3.8) is 0 Å². The average Bonchev–Trinajstić information content (AvgIpc) is 2.96. The Bertz CT molecular complexity index is 884. The van der Waals surface area contributed by atoms with E-state index in [0.717, 1.165) is 0 Å². The topological polar surface area (TPSA) is 110 Å². The van der Waals surface area contributed by atoms with Crippen LogP contribution in [0.3, 0.4) is 0 Å². The van der Waals surface area contributed by atoms with Gasteiger partial charge in [-0.2, -0.15) is 0 Å². The molecule has 1 aliphatic heterocycles. The van der Waals surface area contributed by atoms with Gasteiger partial charge < -0.3 is 15.4 Å². The molecule has 2 N–H and O–H groups in total. The van der Waals surface area contributed by atoms with Crippen molar-refractivity contribution >= 4 is 27.2 Å². The number of hydrogen-bond acceptors (Lipinski definition) is 7. The van der Waals surface area contributed by atoms with Gasteiger partial charge in [-0.3, -0.25) is 4.79 Å². The first kappa shape index (κ1) is 18.1. The molecule has 138 valence electrons. The molecular formula is C17H20N4O4S. The molecule has 1 aromatic heterocycles. The van der Waals surface area contributed by atoms with Crippen LogP contribution in [0.2, 0.25) is 0 Å². The highest BCUT2D eigenvalue weighted by atomic mass is 32.2. The van der Waals surface area contributed by atoms with Gasteiger partial charge in [-0.25, -0.2) is 8.42 Å². The van der Waals surface area contributed by atoms with E-state index in [4.69, 9.17) is 4.74 Å². The molecule has 3 rings (SSSR count). The summed E-state index contributed by atoms with van der Waals surface area (Å²) < 4.78 is 28.4. The van der Waals surface area contributed by atoms with Crippen LogP contribution in [0, 0.1) is 0 Å². The second-order valence-corrected chi connectivity index (χ2v) is 8.16. The lowest BCUT2D eigenvalue weighted by Crippen LogP contribution is -2.22. The standard InChI is InChI=1S/C17H20N4O4S/c1-2-25-15-6-4-3-5-13(15)19-17(22)14-7-8-16(21-20-14)18-12-9-10-26(23,24)11-12/h3-8,12H,2,9-11H2,1H3,(H,18,21)(H,19,22). The molecule has 9 heteroatoms. The van der Waals surface area contributed by atoms with Crippen molar-refractivity contribution in [2.75, 3.05) is 28.7 Å². The van der Waals surface area contributed by atoms with E-state index >= 15 is 0 Å². The highest BCUT2D eigenvalue weighted by molar-refractivity contribution is 7.91. The third-order valence-electron chi connectivity index (χ3n) is 3.92. The normalized spacial score (nSPS) is 18.3. The zero-order chi connectivity index (χ0) is 18.6. The summed E-state index contributed by atoms with van der Waals surface area (Å²) in [4.78, 5) is 12.3. The molecule has 26 heavy (non-hydrogen) atoms. The van der Waals surface area contributed by atoms with E-state index in [-0.39, 0.29) is 23.2 Å². The molecule has 0 bridgehead atoms. The van der Waals surface area contributed by atoms with E-state index in [2.05, 4.69) is 20.8 Å². The Labute approximate surface area is 151 Å². The first-order valence-electron chi connectivity index (χ1n) is 8.31. The third-order valence-corrected chi connectivity index (χ3v) is 5.68. The van der Waals surface area contributed by atoms with Crippen LogP contribution >= 0.6 is 0 Å². The molecule has 2 heterocycles. The minimum Gasteiger partial charge on any atom is -0.492 e. The molecule has 1 aliphatic rings. The van der Waals surface area contributed by atoms with Gasteiger partial charge in [-0.1, -0.05) is 12.1 Å². The number of anilines is 2. The van der Waals surface area contributed by atoms with E-state index in [0.29, 0.717) is 30.3 Å². The van der Waals surface area contributed by atoms with Crippen LogP contribution in [0.15, 0.2) is 36.4 Å². The monoisotopic (exact) mass is 376 g/mol. The lowest BCUT2D eigenvalue weighted by Gasteiger charge is -2.12. The fraction of sp³-hybridized carbons (Fsp3) is 0.353. The zero-order valence-electron chi connectivity index (χ0n) is 14.3. The van der Waals surface area contributed by atoms with Crippen LogP contribution in [0.1, 0.15) is 23.8 Å². The van der Waals surface area contributed by atoms with Gasteiger partial charge in [0, 0.05) is 6.04 Å². The van der Waals surface area contributed by atoms with Crippen molar-refractivity contribution in [3.05, 3.63) is 42.1 Å². The van der Waals surface area contributed by atoms with E-state index in [1.165, 1.54) is 6.07 Å². The number of rotatable bonds is 6. The van der Waals surface area contributed by atoms with Crippen molar-refractivity contribution in [3.8, 4) is 5.75 Å². The number of hydrogen-bond donors (Lipinski definition) is 2. The van der Waals surface area contributed by atoms with Crippen LogP contribution in [0.4, 0.5) is 11.5 Å². The van der Waals surface area contributed by atoms with Crippen LogP contribution in [-0.4, -0.2) is 48.7 Å². The molecule has 1 atom stereocenters. The average molecular weight is 376 g/mol. The molecule has 0 radical (unpaired) electrons. The van der Waals surface area contributed by atoms with Crippen LogP contribution in [-0.2, 0) is 9.84 Å². The highest BCUT2D eigenvalue weighted by Crippen LogP contribution is 2.24. The second-order valence-electron chi connectivity index (χ2n) is 5.93. The highest BCUT2D eigenvalue weighted by Gasteiger charge is 2.28. The molecule has 1 fully saturated rings. The maximum atomic E-state index is 12.3. The number of ether oxygens (including phenoxy) is 1. The predicted octanol–water partition coefficient (Wildman–Crippen LogP) is 1.73. The minimum absolute atomic E-state index is 0.0884. The summed E-state index contributed by atoms with van der Waals surface area (Å²) in [6.45, 7) is 2.36. The summed E-state index contributed by atoms with van der Waals surface area (Å²) in [5.41, 5.74) is 0.709. The molecular weight excluding hydrogens is 356 g/mol. The Kier molecular flexibility index (Phi) is 5.36. The molecule has 8 nitrogen and oxygen atoms in total. The number of nitrogens with one attached hydrogen (secondary N) is 2. The summed E-state index contributed by atoms with van der Waals surface area (Å²) in [7, 11) is -2.97. The van der Waals surface area contributed by atoms with Crippen LogP contribution < -0.4 is 15.4 Å². The number of nitrogens with zero attached hydrogens (tertiary/aromatic N) is 2. The largest absolute Gasteiger partial charge is 0.492 e. The molecule has 0 saturated carbocycles. The Morgan fingerprint density at radius 3 is 2.69 bits per heavy atom. The van der Waals surface area contributed by atoms with Gasteiger partial charge in [0.25, 0.3) is 5.91 Å². The number of amides is 1. The molecule has 0 spiro atoms. The fourth-order valence-corrected chi connectivity index (χ4v) is 4.36. The van der Waals surface area contributed by atoms with Crippen molar-refractivity contribution in [1.82, 2.24) is 10.2 Å². The zero-order valence-corrected chi connectivity index (χ0v) is 15.1. The first-order valence-corrected chi connectivity index (χ1v) is 10.1. The van der Waals surface area contributed by atoms with Crippen molar-refractivity contribution in [2.45, 2.75) is 19.4 Å². The summed E-state index contributed by atoms with van der Waals surface area (Å²) in [6.07, 6.45) is 0.542. The van der Waals surface area contributed by atoms with E-state index in [9.17, 15) is 13.2 Å². The third kappa shape index (κ3) is 4.48. The molecule has 1 saturated heterocycles. The van der Waals surface area contributed by atoms with Crippen molar-refractivity contribution in [2.24, 2.45) is 0 Å². The van der Waals surface area contributed by atoms with Gasteiger partial charge in [0.1, 0.15) is 11.6 Å². The number of carbonyl (C=O) groups is 1. The van der Waals surface area contributed by atoms with Gasteiger partial charge in [0.15, 0.2) is 15.5 Å². The first-order chi connectivity index (χ1) is 12.5. The van der Waals surface area contributed by atoms with Crippen molar-refractivity contribution < 1.29 is 17.9 Å². The summed E-state index contributed by atoms with van der Waals surface area (Å²) in [6, 6.07) is 10.1. The number of carbonyl (C=O) groups excluding carboxylic acids is 1. The smallest absolute Gasteiger partial charge is 0.276 e. The fourth-order valence-electron chi connectivity index (χ4n) is 2.69. The summed E-state index contributed by atoms with van der Waals surface area (Å²) in [5, 5.41) is 13.7. The summed E-state index contributed by atoms with van der Waals surface area (Å²) >= 11 is 0. The van der Waals surface area contributed by atoms with Crippen molar-refractivity contribution in [1.29, 1.82) is 0 Å². The summed E-state index contributed by atoms with van der Waals surface area (Å²) in [5.74, 6) is 0.887.